The predicted molar refractivity (Wildman–Crippen MR) is 62.2 cm³/mol. The summed E-state index contributed by atoms with van der Waals surface area (Å²) in [5.41, 5.74) is -1.85. The molecule has 3 nitrogen and oxygen atoms in total. The van der Waals surface area contributed by atoms with E-state index >= 15 is 0 Å². The maximum Gasteiger partial charge on any atom is 0.436 e. The minimum Gasteiger partial charge on any atom is -0.493 e. The van der Waals surface area contributed by atoms with Crippen molar-refractivity contribution < 1.29 is 31.4 Å². The van der Waals surface area contributed by atoms with E-state index in [1.54, 1.807) is 6.07 Å². The Bertz CT molecular complexity index is 657. The molecule has 1 aromatic carbocycles. The minimum atomic E-state index is -5.06. The predicted octanol–water partition coefficient (Wildman–Crippen LogP) is 4.18. The number of alkyl halides is 3. The number of methoxy groups -OCH3 is 1. The van der Waals surface area contributed by atoms with Gasteiger partial charge in [0.1, 0.15) is 0 Å². The van der Waals surface area contributed by atoms with Gasteiger partial charge in [0.15, 0.2) is 28.8 Å². The average Bonchev–Trinajstić information content (AvgIpc) is 2.42. The van der Waals surface area contributed by atoms with Gasteiger partial charge in [-0.1, -0.05) is 12.1 Å². The van der Waals surface area contributed by atoms with Crippen LogP contribution in [0.25, 0.3) is 0 Å². The van der Waals surface area contributed by atoms with Gasteiger partial charge in [0.05, 0.1) is 13.3 Å². The highest BCUT2D eigenvalue weighted by atomic mass is 19.4. The Morgan fingerprint density at radius 3 is 2.24 bits per heavy atom. The van der Waals surface area contributed by atoms with Crippen molar-refractivity contribution >= 4 is 0 Å². The second kappa shape index (κ2) is 5.55. The van der Waals surface area contributed by atoms with Crippen molar-refractivity contribution in [3.05, 3.63) is 47.8 Å². The lowest BCUT2D eigenvalue weighted by Gasteiger charge is -2.13. The Morgan fingerprint density at radius 1 is 1.05 bits per heavy atom. The van der Waals surface area contributed by atoms with E-state index in [0.29, 0.717) is 0 Å². The number of para-hydroxylation sites is 2. The maximum atomic E-state index is 13.8. The molecule has 0 fully saturated rings. The molecule has 0 aliphatic heterocycles. The van der Waals surface area contributed by atoms with Gasteiger partial charge in [-0.25, -0.2) is 13.8 Å². The zero-order chi connectivity index (χ0) is 15.6. The van der Waals surface area contributed by atoms with Crippen molar-refractivity contribution in [1.29, 1.82) is 0 Å². The van der Waals surface area contributed by atoms with Gasteiger partial charge in [0, 0.05) is 0 Å². The molecule has 0 atom stereocenters. The summed E-state index contributed by atoms with van der Waals surface area (Å²) in [6.07, 6.45) is -4.81. The molecular weight excluding hydrogens is 297 g/mol. The van der Waals surface area contributed by atoms with Crippen LogP contribution in [0.5, 0.6) is 17.2 Å². The number of halogens is 5. The van der Waals surface area contributed by atoms with Crippen LogP contribution < -0.4 is 9.47 Å². The average molecular weight is 305 g/mol. The monoisotopic (exact) mass is 305 g/mol. The van der Waals surface area contributed by atoms with E-state index in [4.69, 9.17) is 9.47 Å². The van der Waals surface area contributed by atoms with Gasteiger partial charge in [0.2, 0.25) is 5.75 Å². The van der Waals surface area contributed by atoms with Crippen LogP contribution in [0.4, 0.5) is 22.0 Å². The van der Waals surface area contributed by atoms with E-state index < -0.39 is 29.3 Å². The molecule has 1 heterocycles. The van der Waals surface area contributed by atoms with Gasteiger partial charge >= 0.3 is 6.18 Å². The number of hydrogen-bond donors (Lipinski definition) is 0. The van der Waals surface area contributed by atoms with E-state index in [1.165, 1.54) is 25.3 Å². The fraction of sp³-hybridized carbons (Fsp3) is 0.154. The van der Waals surface area contributed by atoms with Crippen LogP contribution >= 0.6 is 0 Å². The molecule has 0 amide bonds. The summed E-state index contributed by atoms with van der Waals surface area (Å²) < 4.78 is 74.7. The van der Waals surface area contributed by atoms with Crippen molar-refractivity contribution in [2.75, 3.05) is 7.11 Å². The highest BCUT2D eigenvalue weighted by molar-refractivity contribution is 5.43. The van der Waals surface area contributed by atoms with Crippen LogP contribution in [0.2, 0.25) is 0 Å². The standard InChI is InChI=1S/C13H8F5NO2/c1-20-8-4-2-3-5-9(8)21-11-7(14)6-19-12(10(11)15)13(16,17)18/h2-6H,1H3. The van der Waals surface area contributed by atoms with Crippen LogP contribution in [0.15, 0.2) is 30.5 Å². The number of hydrogen-bond acceptors (Lipinski definition) is 3. The van der Waals surface area contributed by atoms with E-state index in [2.05, 4.69) is 4.98 Å². The van der Waals surface area contributed by atoms with Gasteiger partial charge < -0.3 is 9.47 Å². The molecular formula is C13H8F5NO2. The minimum absolute atomic E-state index is 0.113. The smallest absolute Gasteiger partial charge is 0.436 e. The summed E-state index contributed by atoms with van der Waals surface area (Å²) in [5, 5.41) is 0. The number of pyridine rings is 1. The van der Waals surface area contributed by atoms with Crippen LogP contribution in [-0.4, -0.2) is 12.1 Å². The summed E-state index contributed by atoms with van der Waals surface area (Å²) >= 11 is 0. The molecule has 112 valence electrons. The number of rotatable bonds is 3. The van der Waals surface area contributed by atoms with Crippen LogP contribution in [0.3, 0.4) is 0 Å². The van der Waals surface area contributed by atoms with E-state index in [9.17, 15) is 22.0 Å². The Balaban J connectivity index is 2.49. The van der Waals surface area contributed by atoms with Gasteiger partial charge in [0.25, 0.3) is 0 Å². The first-order valence-corrected chi connectivity index (χ1v) is 5.56. The van der Waals surface area contributed by atoms with Gasteiger partial charge in [-0.05, 0) is 12.1 Å². The van der Waals surface area contributed by atoms with Crippen molar-refractivity contribution in [2.24, 2.45) is 0 Å². The number of benzene rings is 1. The second-order valence-corrected chi connectivity index (χ2v) is 3.85. The SMILES string of the molecule is COc1ccccc1Oc1c(F)cnc(C(F)(F)F)c1F. The molecule has 0 N–H and O–H groups in total. The third kappa shape index (κ3) is 3.04. The van der Waals surface area contributed by atoms with Crippen LogP contribution in [0.1, 0.15) is 5.69 Å². The number of aromatic nitrogens is 1. The maximum absolute atomic E-state index is 13.8. The lowest BCUT2D eigenvalue weighted by atomic mass is 10.3. The fourth-order valence-corrected chi connectivity index (χ4v) is 1.55. The molecule has 2 aromatic rings. The number of nitrogens with zero attached hydrogens (tertiary/aromatic N) is 1. The first kappa shape index (κ1) is 15.0. The molecule has 0 radical (unpaired) electrons. The van der Waals surface area contributed by atoms with Crippen LogP contribution in [-0.2, 0) is 6.18 Å². The summed E-state index contributed by atoms with van der Waals surface area (Å²) in [5.74, 6) is -4.49. The molecule has 0 saturated carbocycles. The van der Waals surface area contributed by atoms with E-state index in [-0.39, 0.29) is 17.7 Å². The fourth-order valence-electron chi connectivity index (χ4n) is 1.55. The lowest BCUT2D eigenvalue weighted by molar-refractivity contribution is -0.143. The second-order valence-electron chi connectivity index (χ2n) is 3.85. The van der Waals surface area contributed by atoms with E-state index in [0.717, 1.165) is 0 Å². The highest BCUT2D eigenvalue weighted by Gasteiger charge is 2.38. The quantitative estimate of drug-likeness (QED) is 0.797. The summed E-state index contributed by atoms with van der Waals surface area (Å²) in [6.45, 7) is 0. The molecule has 1 aromatic heterocycles. The third-order valence-corrected chi connectivity index (χ3v) is 2.48. The molecule has 2 rings (SSSR count). The molecule has 0 aliphatic carbocycles. The Morgan fingerprint density at radius 2 is 1.67 bits per heavy atom. The largest absolute Gasteiger partial charge is 0.493 e. The molecule has 0 aliphatic rings. The van der Waals surface area contributed by atoms with Gasteiger partial charge in [-0.2, -0.15) is 13.2 Å². The van der Waals surface area contributed by atoms with Gasteiger partial charge in [-0.15, -0.1) is 0 Å². The van der Waals surface area contributed by atoms with Gasteiger partial charge in [-0.3, -0.25) is 0 Å². The zero-order valence-electron chi connectivity index (χ0n) is 10.5. The van der Waals surface area contributed by atoms with Crippen molar-refractivity contribution in [2.45, 2.75) is 6.18 Å². The molecule has 0 unspecified atom stereocenters. The molecule has 0 spiro atoms. The Kier molecular flexibility index (Phi) is 3.97. The normalized spacial score (nSPS) is 11.3. The molecule has 8 heteroatoms. The molecule has 0 saturated heterocycles. The summed E-state index contributed by atoms with van der Waals surface area (Å²) in [4.78, 5) is 2.71. The van der Waals surface area contributed by atoms with Crippen molar-refractivity contribution in [3.63, 3.8) is 0 Å². The molecule has 21 heavy (non-hydrogen) atoms. The zero-order valence-corrected chi connectivity index (χ0v) is 10.5. The lowest BCUT2D eigenvalue weighted by Crippen LogP contribution is -2.12. The summed E-state index contributed by atoms with van der Waals surface area (Å²) in [6, 6.07) is 5.76. The first-order valence-electron chi connectivity index (χ1n) is 5.56. The van der Waals surface area contributed by atoms with Crippen molar-refractivity contribution in [1.82, 2.24) is 4.98 Å². The first-order chi connectivity index (χ1) is 9.84. The van der Waals surface area contributed by atoms with E-state index in [1.807, 2.05) is 0 Å². The highest BCUT2D eigenvalue weighted by Crippen LogP contribution is 2.38. The third-order valence-electron chi connectivity index (χ3n) is 2.48. The number of ether oxygens (including phenoxy) is 2. The molecule has 0 bridgehead atoms. The van der Waals surface area contributed by atoms with Crippen molar-refractivity contribution in [3.8, 4) is 17.2 Å². The summed E-state index contributed by atoms with van der Waals surface area (Å²) in [7, 11) is 1.28. The Labute approximate surface area is 115 Å². The van der Waals surface area contributed by atoms with Crippen LogP contribution in [0, 0.1) is 11.6 Å². The topological polar surface area (TPSA) is 31.4 Å². The Hall–Kier alpha value is -2.38.